The molecule has 1 aliphatic heterocycles. The number of methoxy groups -OCH3 is 1. The van der Waals surface area contributed by atoms with Crippen LogP contribution in [0, 0.1) is 13.8 Å². The normalized spacial score (nSPS) is 16.1. The molecule has 1 heterocycles. The number of amides is 2. The molecule has 0 fully saturated rings. The van der Waals surface area contributed by atoms with Crippen molar-refractivity contribution in [2.45, 2.75) is 26.8 Å². The highest BCUT2D eigenvalue weighted by Gasteiger charge is 2.38. The van der Waals surface area contributed by atoms with Crippen LogP contribution < -0.4 is 14.8 Å². The number of nitrogens with zero attached hydrogens (tertiary/aromatic N) is 1. The summed E-state index contributed by atoms with van der Waals surface area (Å²) in [5.41, 5.74) is 3.53. The Morgan fingerprint density at radius 1 is 1.10 bits per heavy atom. The van der Waals surface area contributed by atoms with Crippen molar-refractivity contribution in [3.05, 3.63) is 70.4 Å². The number of nitrogens with one attached hydrogen (secondary N) is 1. The molecule has 7 heteroatoms. The summed E-state index contributed by atoms with van der Waals surface area (Å²) in [5.74, 6) is 0.753. The first-order chi connectivity index (χ1) is 14.9. The maximum atomic E-state index is 13.0. The molecule has 2 amide bonds. The summed E-state index contributed by atoms with van der Waals surface area (Å²) in [7, 11) is 3.16. The SMILES string of the molecule is CCOC(=O)C1=C(COc2cccc(C)c2C)N(C)C(=O)NC1c1ccccc1OC. The van der Waals surface area contributed by atoms with Crippen molar-refractivity contribution in [1.82, 2.24) is 10.2 Å². The number of hydrogen-bond donors (Lipinski definition) is 1. The summed E-state index contributed by atoms with van der Waals surface area (Å²) in [6.45, 7) is 5.97. The summed E-state index contributed by atoms with van der Waals surface area (Å²) in [6, 6.07) is 12.0. The van der Waals surface area contributed by atoms with Crippen molar-refractivity contribution in [1.29, 1.82) is 0 Å². The van der Waals surface area contributed by atoms with Gasteiger partial charge in [0.1, 0.15) is 18.1 Å². The minimum atomic E-state index is -0.726. The molecule has 0 saturated heterocycles. The zero-order valence-electron chi connectivity index (χ0n) is 18.5. The van der Waals surface area contributed by atoms with E-state index in [0.717, 1.165) is 11.1 Å². The molecular formula is C24H28N2O5. The average Bonchev–Trinajstić information content (AvgIpc) is 2.77. The van der Waals surface area contributed by atoms with Gasteiger partial charge < -0.3 is 19.5 Å². The molecule has 1 aliphatic rings. The lowest BCUT2D eigenvalue weighted by atomic mass is 9.94. The minimum absolute atomic E-state index is 0.0357. The van der Waals surface area contributed by atoms with E-state index in [0.29, 0.717) is 28.3 Å². The van der Waals surface area contributed by atoms with Gasteiger partial charge in [-0.25, -0.2) is 9.59 Å². The van der Waals surface area contributed by atoms with Crippen LogP contribution in [0.4, 0.5) is 4.79 Å². The van der Waals surface area contributed by atoms with Gasteiger partial charge in [0.15, 0.2) is 0 Å². The summed E-state index contributed by atoms with van der Waals surface area (Å²) < 4.78 is 16.9. The van der Waals surface area contributed by atoms with E-state index in [1.54, 1.807) is 27.1 Å². The molecule has 2 aromatic carbocycles. The van der Waals surface area contributed by atoms with Gasteiger partial charge in [0.25, 0.3) is 0 Å². The zero-order valence-corrected chi connectivity index (χ0v) is 18.5. The molecule has 0 radical (unpaired) electrons. The van der Waals surface area contributed by atoms with E-state index in [-0.39, 0.29) is 19.2 Å². The van der Waals surface area contributed by atoms with Crippen LogP contribution in [0.5, 0.6) is 11.5 Å². The van der Waals surface area contributed by atoms with E-state index in [1.165, 1.54) is 4.90 Å². The number of benzene rings is 2. The lowest BCUT2D eigenvalue weighted by molar-refractivity contribution is -0.139. The molecule has 0 saturated carbocycles. The Morgan fingerprint density at radius 2 is 1.81 bits per heavy atom. The predicted molar refractivity (Wildman–Crippen MR) is 117 cm³/mol. The van der Waals surface area contributed by atoms with Crippen molar-refractivity contribution in [3.8, 4) is 11.5 Å². The summed E-state index contributed by atoms with van der Waals surface area (Å²) in [5, 5.41) is 2.89. The third-order valence-corrected chi connectivity index (χ3v) is 5.44. The molecule has 1 unspecified atom stereocenters. The van der Waals surface area contributed by atoms with Crippen LogP contribution in [0.25, 0.3) is 0 Å². The standard InChI is InChI=1S/C24H28N2O5/c1-6-30-23(27)21-18(14-31-19-13-9-10-15(2)16(19)3)26(4)24(28)25-22(21)17-11-7-8-12-20(17)29-5/h7-13,22H,6,14H2,1-5H3,(H,25,28). The molecule has 31 heavy (non-hydrogen) atoms. The summed E-state index contributed by atoms with van der Waals surface area (Å²) in [6.07, 6.45) is 0. The number of esters is 1. The number of urea groups is 1. The molecule has 1 N–H and O–H groups in total. The second-order valence-electron chi connectivity index (χ2n) is 7.25. The van der Waals surface area contributed by atoms with Gasteiger partial charge in [-0.2, -0.15) is 0 Å². The molecule has 3 rings (SSSR count). The fourth-order valence-corrected chi connectivity index (χ4v) is 3.55. The van der Waals surface area contributed by atoms with Crippen LogP contribution in [0.2, 0.25) is 0 Å². The van der Waals surface area contributed by atoms with Crippen LogP contribution in [0.15, 0.2) is 53.7 Å². The highest BCUT2D eigenvalue weighted by atomic mass is 16.5. The van der Waals surface area contributed by atoms with Crippen molar-refractivity contribution < 1.29 is 23.8 Å². The molecule has 0 aliphatic carbocycles. The van der Waals surface area contributed by atoms with Crippen LogP contribution in [-0.4, -0.2) is 44.3 Å². The molecule has 7 nitrogen and oxygen atoms in total. The van der Waals surface area contributed by atoms with Crippen LogP contribution in [0.3, 0.4) is 0 Å². The molecule has 164 valence electrons. The Bertz CT molecular complexity index is 1010. The topological polar surface area (TPSA) is 77.1 Å². The van der Waals surface area contributed by atoms with E-state index in [9.17, 15) is 9.59 Å². The van der Waals surface area contributed by atoms with Gasteiger partial charge >= 0.3 is 12.0 Å². The predicted octanol–water partition coefficient (Wildman–Crippen LogP) is 3.90. The van der Waals surface area contributed by atoms with Gasteiger partial charge in [-0.05, 0) is 44.0 Å². The van der Waals surface area contributed by atoms with E-state index >= 15 is 0 Å². The maximum absolute atomic E-state index is 13.0. The van der Waals surface area contributed by atoms with Crippen LogP contribution >= 0.6 is 0 Å². The Labute approximate surface area is 182 Å². The van der Waals surface area contributed by atoms with Crippen LogP contribution in [-0.2, 0) is 9.53 Å². The average molecular weight is 424 g/mol. The Morgan fingerprint density at radius 3 is 2.52 bits per heavy atom. The summed E-state index contributed by atoms with van der Waals surface area (Å²) >= 11 is 0. The molecule has 1 atom stereocenters. The number of rotatable bonds is 7. The molecule has 2 aromatic rings. The lowest BCUT2D eigenvalue weighted by Crippen LogP contribution is -2.48. The third-order valence-electron chi connectivity index (χ3n) is 5.44. The smallest absolute Gasteiger partial charge is 0.338 e. The molecular weight excluding hydrogens is 396 g/mol. The highest BCUT2D eigenvalue weighted by molar-refractivity contribution is 5.95. The number of carbonyl (C=O) groups is 2. The number of aryl methyl sites for hydroxylation is 1. The first-order valence-electron chi connectivity index (χ1n) is 10.1. The van der Waals surface area contributed by atoms with E-state index < -0.39 is 12.0 Å². The quantitative estimate of drug-likeness (QED) is 0.682. The molecule has 0 spiro atoms. The van der Waals surface area contributed by atoms with Crippen molar-refractivity contribution in [3.63, 3.8) is 0 Å². The van der Waals surface area contributed by atoms with E-state index in [1.807, 2.05) is 50.2 Å². The Balaban J connectivity index is 2.09. The number of carbonyl (C=O) groups excluding carboxylic acids is 2. The zero-order chi connectivity index (χ0) is 22.5. The van der Waals surface area contributed by atoms with Gasteiger partial charge in [0, 0.05) is 12.6 Å². The van der Waals surface area contributed by atoms with Crippen LogP contribution in [0.1, 0.15) is 29.7 Å². The minimum Gasteiger partial charge on any atom is -0.496 e. The largest absolute Gasteiger partial charge is 0.496 e. The Kier molecular flexibility index (Phi) is 6.84. The number of likely N-dealkylation sites (N-methyl/N-ethyl adjacent to an activating group) is 1. The highest BCUT2D eigenvalue weighted by Crippen LogP contribution is 2.36. The summed E-state index contributed by atoms with van der Waals surface area (Å²) in [4.78, 5) is 27.2. The fourth-order valence-electron chi connectivity index (χ4n) is 3.55. The lowest BCUT2D eigenvalue weighted by Gasteiger charge is -2.35. The molecule has 0 bridgehead atoms. The van der Waals surface area contributed by atoms with Gasteiger partial charge in [0.2, 0.25) is 0 Å². The van der Waals surface area contributed by atoms with E-state index in [2.05, 4.69) is 5.32 Å². The molecule has 0 aromatic heterocycles. The first kappa shape index (κ1) is 22.2. The van der Waals surface area contributed by atoms with Crippen molar-refractivity contribution in [2.24, 2.45) is 0 Å². The fraction of sp³-hybridized carbons (Fsp3) is 0.333. The van der Waals surface area contributed by atoms with Gasteiger partial charge in [-0.1, -0.05) is 30.3 Å². The van der Waals surface area contributed by atoms with E-state index in [4.69, 9.17) is 14.2 Å². The second kappa shape index (κ2) is 9.55. The van der Waals surface area contributed by atoms with Crippen molar-refractivity contribution >= 4 is 12.0 Å². The van der Waals surface area contributed by atoms with Gasteiger partial charge in [-0.15, -0.1) is 0 Å². The monoisotopic (exact) mass is 424 g/mol. The first-order valence-corrected chi connectivity index (χ1v) is 10.1. The van der Waals surface area contributed by atoms with Crippen molar-refractivity contribution in [2.75, 3.05) is 27.4 Å². The number of para-hydroxylation sites is 1. The number of ether oxygens (including phenoxy) is 3. The third kappa shape index (κ3) is 4.50. The maximum Gasteiger partial charge on any atom is 0.338 e. The van der Waals surface area contributed by atoms with Gasteiger partial charge in [-0.3, -0.25) is 4.90 Å². The second-order valence-corrected chi connectivity index (χ2v) is 7.25. The van der Waals surface area contributed by atoms with Gasteiger partial charge in [0.05, 0.1) is 31.0 Å². The number of hydrogen-bond acceptors (Lipinski definition) is 5. The Hall–Kier alpha value is -3.48.